The Morgan fingerprint density at radius 3 is 2.61 bits per heavy atom. The van der Waals surface area contributed by atoms with Crippen LogP contribution in [0.2, 0.25) is 0 Å². The molecule has 3 heterocycles. The topological polar surface area (TPSA) is 86.7 Å². The van der Waals surface area contributed by atoms with Gasteiger partial charge in [-0.1, -0.05) is 37.3 Å². The molecule has 31 heavy (non-hydrogen) atoms. The van der Waals surface area contributed by atoms with E-state index in [1.165, 1.54) is 5.56 Å². The van der Waals surface area contributed by atoms with Crippen molar-refractivity contribution in [3.8, 4) is 0 Å². The maximum Gasteiger partial charge on any atom is 0.240 e. The first-order chi connectivity index (χ1) is 15.1. The Bertz CT molecular complexity index is 934. The number of nitrogens with one attached hydrogen (secondary N) is 2. The summed E-state index contributed by atoms with van der Waals surface area (Å²) in [7, 11) is 0. The molecule has 2 aromatic rings. The van der Waals surface area contributed by atoms with Gasteiger partial charge in [0.05, 0.1) is 5.71 Å². The van der Waals surface area contributed by atoms with Crippen LogP contribution in [0.5, 0.6) is 0 Å². The molecule has 2 aliphatic heterocycles. The fourth-order valence-electron chi connectivity index (χ4n) is 4.22. The summed E-state index contributed by atoms with van der Waals surface area (Å²) in [5.74, 6) is 0.859. The number of likely N-dealkylation sites (tertiary alicyclic amines) is 1. The van der Waals surface area contributed by atoms with Crippen molar-refractivity contribution in [3.63, 3.8) is 0 Å². The molecule has 0 spiro atoms. The Morgan fingerprint density at radius 1 is 1.16 bits per heavy atom. The molecule has 1 fully saturated rings. The number of anilines is 1. The van der Waals surface area contributed by atoms with Gasteiger partial charge in [0.25, 0.3) is 0 Å². The number of benzene rings is 1. The predicted octanol–water partition coefficient (Wildman–Crippen LogP) is 2.83. The molecule has 4 rings (SSSR count). The van der Waals surface area contributed by atoms with Gasteiger partial charge in [-0.05, 0) is 55.6 Å². The van der Waals surface area contributed by atoms with Gasteiger partial charge in [-0.3, -0.25) is 9.59 Å². The van der Waals surface area contributed by atoms with Gasteiger partial charge in [-0.25, -0.2) is 10.4 Å². The van der Waals surface area contributed by atoms with Crippen LogP contribution in [-0.4, -0.2) is 47.0 Å². The Hall–Kier alpha value is -3.06. The average molecular weight is 420 g/mol. The molecule has 7 heteroatoms. The second-order valence-corrected chi connectivity index (χ2v) is 8.40. The van der Waals surface area contributed by atoms with Crippen LogP contribution in [0.25, 0.3) is 0 Å². The number of rotatable bonds is 6. The summed E-state index contributed by atoms with van der Waals surface area (Å²) in [5.41, 5.74) is 5.87. The van der Waals surface area contributed by atoms with Crippen molar-refractivity contribution < 1.29 is 9.59 Å². The molecular formula is C24H29N5O2. The molecule has 162 valence electrons. The third-order valence-corrected chi connectivity index (χ3v) is 6.10. The normalized spacial score (nSPS) is 20.1. The highest BCUT2D eigenvalue weighted by Gasteiger charge is 2.25. The maximum absolute atomic E-state index is 12.5. The summed E-state index contributed by atoms with van der Waals surface area (Å²) in [6.07, 6.45) is 4.90. The second-order valence-electron chi connectivity index (χ2n) is 8.40. The fourth-order valence-corrected chi connectivity index (χ4v) is 4.22. The lowest BCUT2D eigenvalue weighted by atomic mass is 9.93. The number of piperidine rings is 1. The number of carbonyl (C=O) groups excluding carboxylic acids is 2. The molecule has 2 aliphatic rings. The molecule has 1 atom stereocenters. The molecule has 0 aliphatic carbocycles. The lowest BCUT2D eigenvalue weighted by Crippen LogP contribution is -2.39. The zero-order valence-corrected chi connectivity index (χ0v) is 17.9. The first kappa shape index (κ1) is 21.2. The molecule has 0 bridgehead atoms. The lowest BCUT2D eigenvalue weighted by Gasteiger charge is -2.31. The summed E-state index contributed by atoms with van der Waals surface area (Å²) >= 11 is 0. The van der Waals surface area contributed by atoms with Crippen LogP contribution in [0.1, 0.15) is 37.3 Å². The zero-order valence-electron chi connectivity index (χ0n) is 17.9. The first-order valence-corrected chi connectivity index (χ1v) is 11.0. The molecular weight excluding hydrogens is 390 g/mol. The van der Waals surface area contributed by atoms with Crippen LogP contribution in [0.3, 0.4) is 0 Å². The van der Waals surface area contributed by atoms with Crippen molar-refractivity contribution in [3.05, 3.63) is 59.8 Å². The van der Waals surface area contributed by atoms with Crippen molar-refractivity contribution in [1.82, 2.24) is 15.3 Å². The average Bonchev–Trinajstić information content (AvgIpc) is 2.79. The largest absolute Gasteiger partial charge is 0.310 e. The fraction of sp³-hybridized carbons (Fsp3) is 0.417. The van der Waals surface area contributed by atoms with Crippen molar-refractivity contribution in [2.45, 2.75) is 32.6 Å². The van der Waals surface area contributed by atoms with Crippen LogP contribution in [-0.2, 0) is 16.0 Å². The standard InChI is InChI=1S/C24H29N5O2/c1-17-16-22(30)27-28-23(17)19-7-5-18(6-8-19)9-13-29-14-10-20(11-15-29)24(31)26-21-4-2-3-12-25-21/h2-8,12,17,20H,9-11,13-16H2,1H3,(H,27,30)(H,25,26,31). The lowest BCUT2D eigenvalue weighted by molar-refractivity contribution is -0.122. The van der Waals surface area contributed by atoms with Crippen molar-refractivity contribution in [1.29, 1.82) is 0 Å². The smallest absolute Gasteiger partial charge is 0.240 e. The van der Waals surface area contributed by atoms with Crippen LogP contribution in [0.4, 0.5) is 5.82 Å². The van der Waals surface area contributed by atoms with E-state index in [-0.39, 0.29) is 23.7 Å². The Kier molecular flexibility index (Phi) is 6.72. The van der Waals surface area contributed by atoms with Gasteiger partial charge in [0.2, 0.25) is 11.8 Å². The number of nitrogens with zero attached hydrogens (tertiary/aromatic N) is 3. The Balaban J connectivity index is 1.23. The van der Waals surface area contributed by atoms with E-state index in [2.05, 4.69) is 50.0 Å². The molecule has 1 aromatic heterocycles. The van der Waals surface area contributed by atoms with Crippen molar-refractivity contribution in [2.24, 2.45) is 16.9 Å². The minimum atomic E-state index is -0.0224. The van der Waals surface area contributed by atoms with E-state index in [0.29, 0.717) is 12.2 Å². The minimum absolute atomic E-state index is 0.0224. The quantitative estimate of drug-likeness (QED) is 0.754. The molecule has 0 saturated carbocycles. The van der Waals surface area contributed by atoms with E-state index in [9.17, 15) is 9.59 Å². The van der Waals surface area contributed by atoms with E-state index in [0.717, 1.165) is 50.2 Å². The molecule has 1 unspecified atom stereocenters. The number of carbonyl (C=O) groups is 2. The molecule has 1 saturated heterocycles. The van der Waals surface area contributed by atoms with E-state index >= 15 is 0 Å². The summed E-state index contributed by atoms with van der Waals surface area (Å²) in [4.78, 5) is 30.5. The summed E-state index contributed by atoms with van der Waals surface area (Å²) in [6, 6.07) is 14.0. The molecule has 7 nitrogen and oxygen atoms in total. The van der Waals surface area contributed by atoms with Crippen LogP contribution in [0.15, 0.2) is 53.8 Å². The van der Waals surface area contributed by atoms with E-state index in [4.69, 9.17) is 0 Å². The molecule has 2 N–H and O–H groups in total. The van der Waals surface area contributed by atoms with Gasteiger partial charge in [0, 0.05) is 31.0 Å². The summed E-state index contributed by atoms with van der Waals surface area (Å²) in [5, 5.41) is 7.15. The number of hydrogen-bond donors (Lipinski definition) is 2. The number of pyridine rings is 1. The van der Waals surface area contributed by atoms with Crippen LogP contribution < -0.4 is 10.7 Å². The summed E-state index contributed by atoms with van der Waals surface area (Å²) < 4.78 is 0. The van der Waals surface area contributed by atoms with Gasteiger partial charge >= 0.3 is 0 Å². The number of amides is 2. The van der Waals surface area contributed by atoms with E-state index in [1.807, 2.05) is 25.1 Å². The first-order valence-electron chi connectivity index (χ1n) is 11.0. The highest BCUT2D eigenvalue weighted by Crippen LogP contribution is 2.20. The van der Waals surface area contributed by atoms with E-state index < -0.39 is 0 Å². The van der Waals surface area contributed by atoms with Crippen molar-refractivity contribution in [2.75, 3.05) is 25.0 Å². The molecule has 1 aromatic carbocycles. The Morgan fingerprint density at radius 2 is 1.94 bits per heavy atom. The van der Waals surface area contributed by atoms with Gasteiger partial charge in [-0.15, -0.1) is 0 Å². The predicted molar refractivity (Wildman–Crippen MR) is 121 cm³/mol. The minimum Gasteiger partial charge on any atom is -0.310 e. The van der Waals surface area contributed by atoms with Gasteiger partial charge in [0.15, 0.2) is 0 Å². The van der Waals surface area contributed by atoms with Crippen LogP contribution in [0, 0.1) is 11.8 Å². The third kappa shape index (κ3) is 5.55. The third-order valence-electron chi connectivity index (χ3n) is 6.10. The van der Waals surface area contributed by atoms with E-state index in [1.54, 1.807) is 6.20 Å². The second kappa shape index (κ2) is 9.83. The monoisotopic (exact) mass is 419 g/mol. The Labute approximate surface area is 182 Å². The highest BCUT2D eigenvalue weighted by molar-refractivity contribution is 6.05. The van der Waals surface area contributed by atoms with Gasteiger partial charge in [-0.2, -0.15) is 5.10 Å². The number of hydrogen-bond acceptors (Lipinski definition) is 5. The number of aromatic nitrogens is 1. The summed E-state index contributed by atoms with van der Waals surface area (Å²) in [6.45, 7) is 4.89. The van der Waals surface area contributed by atoms with Crippen molar-refractivity contribution >= 4 is 23.3 Å². The van der Waals surface area contributed by atoms with Crippen LogP contribution >= 0.6 is 0 Å². The van der Waals surface area contributed by atoms with Gasteiger partial charge in [0.1, 0.15) is 5.82 Å². The molecule has 0 radical (unpaired) electrons. The van der Waals surface area contributed by atoms with Gasteiger partial charge < -0.3 is 10.2 Å². The highest BCUT2D eigenvalue weighted by atomic mass is 16.2. The molecule has 2 amide bonds. The SMILES string of the molecule is CC1CC(=O)NN=C1c1ccc(CCN2CCC(C(=O)Nc3ccccn3)CC2)cc1. The maximum atomic E-state index is 12.5. The zero-order chi connectivity index (χ0) is 21.6. The number of hydrazone groups is 1.